The molecule has 1 aromatic rings. The Balaban J connectivity index is 2.68. The summed E-state index contributed by atoms with van der Waals surface area (Å²) in [6.07, 6.45) is 7.07. The molecule has 1 atom stereocenters. The molecular formula is C19H26O4. The first-order valence-electron chi connectivity index (χ1n) is 8.21. The third kappa shape index (κ3) is 7.63. The largest absolute Gasteiger partial charge is 0.455 e. The third-order valence-corrected chi connectivity index (χ3v) is 3.31. The van der Waals surface area contributed by atoms with Crippen LogP contribution in [0.3, 0.4) is 0 Å². The molecule has 126 valence electrons. The lowest BCUT2D eigenvalue weighted by atomic mass is 10.1. The third-order valence-electron chi connectivity index (χ3n) is 3.31. The molecule has 1 rings (SSSR count). The normalized spacial score (nSPS) is 12.1. The van der Waals surface area contributed by atoms with Crippen molar-refractivity contribution in [3.05, 3.63) is 42.0 Å². The van der Waals surface area contributed by atoms with E-state index in [0.29, 0.717) is 17.7 Å². The van der Waals surface area contributed by atoms with Crippen LogP contribution in [0.1, 0.15) is 63.2 Å². The number of ketones is 1. The fourth-order valence-electron chi connectivity index (χ4n) is 2.01. The van der Waals surface area contributed by atoms with Crippen molar-refractivity contribution in [2.24, 2.45) is 0 Å². The molecule has 0 aromatic heterocycles. The highest BCUT2D eigenvalue weighted by molar-refractivity contribution is 5.94. The van der Waals surface area contributed by atoms with Crippen LogP contribution in [0.2, 0.25) is 0 Å². The predicted octanol–water partition coefficient (Wildman–Crippen LogP) is 4.68. The van der Waals surface area contributed by atoms with Gasteiger partial charge in [0.05, 0.1) is 0 Å². The van der Waals surface area contributed by atoms with E-state index < -0.39 is 12.3 Å². The molecule has 0 aliphatic heterocycles. The maximum Gasteiger partial charge on any atom is 0.333 e. The van der Waals surface area contributed by atoms with E-state index in [9.17, 15) is 9.59 Å². The SMILES string of the molecule is CC/C=C/C(=O)OC(CCCCC)Oc1ccc(C(C)=O)cc1. The highest BCUT2D eigenvalue weighted by Crippen LogP contribution is 2.18. The van der Waals surface area contributed by atoms with E-state index in [1.807, 2.05) is 6.92 Å². The van der Waals surface area contributed by atoms with E-state index in [1.54, 1.807) is 30.3 Å². The second kappa shape index (κ2) is 10.6. The van der Waals surface area contributed by atoms with Crippen LogP contribution in [0.5, 0.6) is 5.75 Å². The van der Waals surface area contributed by atoms with Crippen molar-refractivity contribution in [1.82, 2.24) is 0 Å². The number of hydrogen-bond donors (Lipinski definition) is 0. The van der Waals surface area contributed by atoms with E-state index in [0.717, 1.165) is 25.7 Å². The van der Waals surface area contributed by atoms with Crippen LogP contribution in [0.15, 0.2) is 36.4 Å². The summed E-state index contributed by atoms with van der Waals surface area (Å²) in [7, 11) is 0. The Bertz CT molecular complexity index is 517. The van der Waals surface area contributed by atoms with Crippen molar-refractivity contribution in [2.75, 3.05) is 0 Å². The maximum atomic E-state index is 11.7. The van der Waals surface area contributed by atoms with Crippen molar-refractivity contribution in [3.63, 3.8) is 0 Å². The summed E-state index contributed by atoms with van der Waals surface area (Å²) in [5.74, 6) is 0.199. The molecule has 4 heteroatoms. The van der Waals surface area contributed by atoms with E-state index in [1.165, 1.54) is 13.0 Å². The molecule has 0 bridgehead atoms. The van der Waals surface area contributed by atoms with Gasteiger partial charge in [-0.15, -0.1) is 0 Å². The summed E-state index contributed by atoms with van der Waals surface area (Å²) < 4.78 is 11.1. The van der Waals surface area contributed by atoms with Gasteiger partial charge >= 0.3 is 5.97 Å². The van der Waals surface area contributed by atoms with Gasteiger partial charge in [-0.1, -0.05) is 32.8 Å². The van der Waals surface area contributed by atoms with Crippen LogP contribution in [0.4, 0.5) is 0 Å². The number of Topliss-reactive ketones (excluding diaryl/α,β-unsaturated/α-hetero) is 1. The molecule has 0 spiro atoms. The zero-order valence-corrected chi connectivity index (χ0v) is 14.2. The fourth-order valence-corrected chi connectivity index (χ4v) is 2.01. The van der Waals surface area contributed by atoms with Crippen LogP contribution in [-0.4, -0.2) is 18.0 Å². The summed E-state index contributed by atoms with van der Waals surface area (Å²) in [5.41, 5.74) is 0.628. The first kappa shape index (κ1) is 18.9. The molecule has 0 aliphatic rings. The summed E-state index contributed by atoms with van der Waals surface area (Å²) in [6, 6.07) is 6.86. The highest BCUT2D eigenvalue weighted by atomic mass is 16.7. The average molecular weight is 318 g/mol. The average Bonchev–Trinajstić information content (AvgIpc) is 2.53. The molecule has 1 unspecified atom stereocenters. The summed E-state index contributed by atoms with van der Waals surface area (Å²) >= 11 is 0. The summed E-state index contributed by atoms with van der Waals surface area (Å²) in [5, 5.41) is 0. The minimum absolute atomic E-state index is 0.00664. The number of carbonyl (C=O) groups excluding carboxylic acids is 2. The molecule has 23 heavy (non-hydrogen) atoms. The Labute approximate surface area is 138 Å². The van der Waals surface area contributed by atoms with Crippen molar-refractivity contribution < 1.29 is 19.1 Å². The van der Waals surface area contributed by atoms with Gasteiger partial charge in [0.1, 0.15) is 5.75 Å². The molecule has 0 radical (unpaired) electrons. The van der Waals surface area contributed by atoms with Gasteiger partial charge < -0.3 is 9.47 Å². The van der Waals surface area contributed by atoms with E-state index in [-0.39, 0.29) is 5.78 Å². The van der Waals surface area contributed by atoms with Crippen molar-refractivity contribution in [3.8, 4) is 5.75 Å². The Morgan fingerprint density at radius 1 is 1.13 bits per heavy atom. The zero-order valence-electron chi connectivity index (χ0n) is 14.2. The lowest BCUT2D eigenvalue weighted by molar-refractivity contribution is -0.158. The molecule has 0 N–H and O–H groups in total. The van der Waals surface area contributed by atoms with Crippen LogP contribution < -0.4 is 4.74 Å². The number of allylic oxidation sites excluding steroid dienone is 1. The fraction of sp³-hybridized carbons (Fsp3) is 0.474. The molecule has 4 nitrogen and oxygen atoms in total. The molecular weight excluding hydrogens is 292 g/mol. The molecule has 0 aliphatic carbocycles. The topological polar surface area (TPSA) is 52.6 Å². The standard InChI is InChI=1S/C19H26O4/c1-4-6-8-10-19(23-18(21)9-7-5-2)22-17-13-11-16(12-14-17)15(3)20/h7,9,11-14,19H,4-6,8,10H2,1-3H3/b9-7+. The minimum Gasteiger partial charge on any atom is -0.455 e. The van der Waals surface area contributed by atoms with Crippen LogP contribution >= 0.6 is 0 Å². The molecule has 1 aromatic carbocycles. The Kier molecular flexibility index (Phi) is 8.73. The number of rotatable bonds is 10. The molecule has 0 amide bonds. The Morgan fingerprint density at radius 3 is 2.39 bits per heavy atom. The summed E-state index contributed by atoms with van der Waals surface area (Å²) in [4.78, 5) is 23.0. The molecule has 0 heterocycles. The minimum atomic E-state index is -0.612. The van der Waals surface area contributed by atoms with Crippen LogP contribution in [-0.2, 0) is 9.53 Å². The number of unbranched alkanes of at least 4 members (excludes halogenated alkanes) is 2. The number of esters is 1. The van der Waals surface area contributed by atoms with Gasteiger partial charge in [-0.3, -0.25) is 4.79 Å². The lowest BCUT2D eigenvalue weighted by Gasteiger charge is -2.19. The van der Waals surface area contributed by atoms with Gasteiger partial charge in [-0.05, 0) is 44.0 Å². The molecule has 0 saturated carbocycles. The van der Waals surface area contributed by atoms with E-state index >= 15 is 0 Å². The number of benzene rings is 1. The second-order valence-electron chi connectivity index (χ2n) is 5.37. The monoisotopic (exact) mass is 318 g/mol. The summed E-state index contributed by atoms with van der Waals surface area (Å²) in [6.45, 7) is 5.59. The van der Waals surface area contributed by atoms with Gasteiger partial charge in [0, 0.05) is 18.1 Å². The van der Waals surface area contributed by atoms with Gasteiger partial charge in [0.15, 0.2) is 5.78 Å². The first-order valence-corrected chi connectivity index (χ1v) is 8.21. The smallest absolute Gasteiger partial charge is 0.333 e. The Hall–Kier alpha value is -2.10. The van der Waals surface area contributed by atoms with Gasteiger partial charge in [-0.25, -0.2) is 4.79 Å². The Morgan fingerprint density at radius 2 is 1.83 bits per heavy atom. The number of ether oxygens (including phenoxy) is 2. The second-order valence-corrected chi connectivity index (χ2v) is 5.37. The zero-order chi connectivity index (χ0) is 17.1. The molecule has 0 saturated heterocycles. The van der Waals surface area contributed by atoms with Crippen molar-refractivity contribution >= 4 is 11.8 Å². The van der Waals surface area contributed by atoms with Crippen molar-refractivity contribution in [2.45, 2.75) is 59.2 Å². The maximum absolute atomic E-state index is 11.7. The van der Waals surface area contributed by atoms with E-state index in [2.05, 4.69) is 6.92 Å². The van der Waals surface area contributed by atoms with Gasteiger partial charge in [-0.2, -0.15) is 0 Å². The van der Waals surface area contributed by atoms with E-state index in [4.69, 9.17) is 9.47 Å². The quantitative estimate of drug-likeness (QED) is 0.206. The lowest BCUT2D eigenvalue weighted by Crippen LogP contribution is -2.23. The van der Waals surface area contributed by atoms with Crippen molar-refractivity contribution in [1.29, 1.82) is 0 Å². The molecule has 0 fully saturated rings. The van der Waals surface area contributed by atoms with Gasteiger partial charge in [0.25, 0.3) is 0 Å². The van der Waals surface area contributed by atoms with Gasteiger partial charge in [0.2, 0.25) is 6.29 Å². The number of hydrogen-bond acceptors (Lipinski definition) is 4. The van der Waals surface area contributed by atoms with Crippen LogP contribution in [0.25, 0.3) is 0 Å². The predicted molar refractivity (Wildman–Crippen MR) is 90.5 cm³/mol. The van der Waals surface area contributed by atoms with Crippen LogP contribution in [0, 0.1) is 0 Å². The first-order chi connectivity index (χ1) is 11.1. The number of carbonyl (C=O) groups is 2. The highest BCUT2D eigenvalue weighted by Gasteiger charge is 2.14.